The number of benzene rings is 1. The molecule has 0 radical (unpaired) electrons. The second-order valence-electron chi connectivity index (χ2n) is 7.23. The van der Waals surface area contributed by atoms with Crippen molar-refractivity contribution in [1.29, 1.82) is 0 Å². The largest absolute Gasteiger partial charge is 0.374 e. The number of likely N-dealkylation sites (tertiary alicyclic amines) is 1. The molecule has 1 saturated carbocycles. The molecule has 2 fully saturated rings. The van der Waals surface area contributed by atoms with Crippen LogP contribution in [0.25, 0.3) is 0 Å². The van der Waals surface area contributed by atoms with Crippen molar-refractivity contribution in [2.24, 2.45) is 11.8 Å². The summed E-state index contributed by atoms with van der Waals surface area (Å²) in [5.74, 6) is 1.09. The van der Waals surface area contributed by atoms with Crippen molar-refractivity contribution in [3.63, 3.8) is 0 Å². The molecule has 0 N–H and O–H groups in total. The van der Waals surface area contributed by atoms with Gasteiger partial charge in [-0.3, -0.25) is 4.79 Å². The fourth-order valence-electron chi connectivity index (χ4n) is 3.47. The van der Waals surface area contributed by atoms with Gasteiger partial charge in [0.1, 0.15) is 0 Å². The summed E-state index contributed by atoms with van der Waals surface area (Å²) in [6, 6.07) is 8.44. The maximum atomic E-state index is 12.8. The van der Waals surface area contributed by atoms with Crippen LogP contribution in [-0.2, 0) is 11.3 Å². The second-order valence-corrected chi connectivity index (χ2v) is 7.23. The van der Waals surface area contributed by atoms with Gasteiger partial charge in [-0.25, -0.2) is 0 Å². The number of amides is 1. The number of allylic oxidation sites excluding steroid dienone is 1. The van der Waals surface area contributed by atoms with Crippen molar-refractivity contribution in [3.8, 4) is 0 Å². The monoisotopic (exact) mass is 312 g/mol. The van der Waals surface area contributed by atoms with E-state index in [0.29, 0.717) is 12.5 Å². The Balaban J connectivity index is 1.57. The van der Waals surface area contributed by atoms with E-state index in [1.807, 2.05) is 11.9 Å². The number of hydrogen-bond donors (Lipinski definition) is 0. The molecule has 1 aromatic rings. The summed E-state index contributed by atoms with van der Waals surface area (Å²) >= 11 is 0. The molecule has 1 heterocycles. The molecule has 1 unspecified atom stereocenters. The number of nitrogens with zero attached hydrogens (tertiary/aromatic N) is 2. The third-order valence-corrected chi connectivity index (χ3v) is 5.14. The van der Waals surface area contributed by atoms with Gasteiger partial charge in [-0.2, -0.15) is 0 Å². The van der Waals surface area contributed by atoms with E-state index in [4.69, 9.17) is 0 Å². The molecule has 3 heteroatoms. The molecular weight excluding hydrogens is 284 g/mol. The van der Waals surface area contributed by atoms with Gasteiger partial charge in [0, 0.05) is 32.4 Å². The maximum absolute atomic E-state index is 12.8. The summed E-state index contributed by atoms with van der Waals surface area (Å²) in [6.07, 6.45) is 4.66. The number of aryl methyl sites for hydroxylation is 1. The van der Waals surface area contributed by atoms with Crippen LogP contribution in [0.15, 0.2) is 36.5 Å². The average molecular weight is 312 g/mol. The SMILES string of the molecule is C=C(C1CC1)N1CCCC(C(=O)N(C)Cc2ccc(C)cc2)C1. The van der Waals surface area contributed by atoms with Crippen LogP contribution in [0.2, 0.25) is 0 Å². The number of rotatable bonds is 5. The van der Waals surface area contributed by atoms with E-state index in [1.54, 1.807) is 0 Å². The van der Waals surface area contributed by atoms with Crippen molar-refractivity contribution in [2.75, 3.05) is 20.1 Å². The zero-order valence-corrected chi connectivity index (χ0v) is 14.4. The lowest BCUT2D eigenvalue weighted by Crippen LogP contribution is -2.43. The first-order valence-corrected chi connectivity index (χ1v) is 8.79. The Bertz CT molecular complexity index is 574. The fourth-order valence-corrected chi connectivity index (χ4v) is 3.47. The smallest absolute Gasteiger partial charge is 0.227 e. The molecule has 3 nitrogen and oxygen atoms in total. The molecule has 0 bridgehead atoms. The van der Waals surface area contributed by atoms with Gasteiger partial charge >= 0.3 is 0 Å². The predicted octanol–water partition coefficient (Wildman–Crippen LogP) is 3.59. The molecule has 0 spiro atoms. The van der Waals surface area contributed by atoms with E-state index < -0.39 is 0 Å². The first-order valence-electron chi connectivity index (χ1n) is 8.79. The van der Waals surface area contributed by atoms with E-state index in [9.17, 15) is 4.79 Å². The summed E-state index contributed by atoms with van der Waals surface area (Å²) in [4.78, 5) is 17.0. The molecule has 0 aromatic heterocycles. The predicted molar refractivity (Wildman–Crippen MR) is 93.8 cm³/mol. The molecule has 1 saturated heterocycles. The zero-order chi connectivity index (χ0) is 16.4. The molecule has 2 aliphatic rings. The number of hydrogen-bond acceptors (Lipinski definition) is 2. The van der Waals surface area contributed by atoms with Crippen LogP contribution < -0.4 is 0 Å². The quantitative estimate of drug-likeness (QED) is 0.829. The maximum Gasteiger partial charge on any atom is 0.227 e. The van der Waals surface area contributed by atoms with Gasteiger partial charge < -0.3 is 9.80 Å². The molecule has 1 aliphatic carbocycles. The normalized spacial score (nSPS) is 21.1. The molecule has 1 aliphatic heterocycles. The van der Waals surface area contributed by atoms with Crippen molar-refractivity contribution >= 4 is 5.91 Å². The highest BCUT2D eigenvalue weighted by Gasteiger charge is 2.33. The van der Waals surface area contributed by atoms with Gasteiger partial charge in [0.05, 0.1) is 5.92 Å². The molecule has 1 aromatic carbocycles. The van der Waals surface area contributed by atoms with Crippen LogP contribution in [-0.4, -0.2) is 35.8 Å². The third-order valence-electron chi connectivity index (χ3n) is 5.14. The van der Waals surface area contributed by atoms with Crippen LogP contribution >= 0.6 is 0 Å². The Hall–Kier alpha value is -1.77. The first-order chi connectivity index (χ1) is 11.0. The fraction of sp³-hybridized carbons (Fsp3) is 0.550. The number of carbonyl (C=O) groups excluding carboxylic acids is 1. The van der Waals surface area contributed by atoms with Gasteiger partial charge in [-0.05, 0) is 44.1 Å². The van der Waals surface area contributed by atoms with Crippen LogP contribution in [0, 0.1) is 18.8 Å². The van der Waals surface area contributed by atoms with E-state index in [-0.39, 0.29) is 11.8 Å². The summed E-state index contributed by atoms with van der Waals surface area (Å²) in [7, 11) is 1.93. The standard InChI is InChI=1S/C20H28N2O/c1-15-6-8-17(9-7-15)13-21(3)20(23)19-5-4-12-22(14-19)16(2)18-10-11-18/h6-9,18-19H,2,4-5,10-14H2,1,3H3. The molecular formula is C20H28N2O. The van der Waals surface area contributed by atoms with E-state index in [1.165, 1.54) is 29.7 Å². The summed E-state index contributed by atoms with van der Waals surface area (Å²) in [5, 5.41) is 0. The molecule has 23 heavy (non-hydrogen) atoms. The zero-order valence-electron chi connectivity index (χ0n) is 14.4. The molecule has 124 valence electrons. The van der Waals surface area contributed by atoms with Crippen LogP contribution in [0.5, 0.6) is 0 Å². The Morgan fingerprint density at radius 3 is 2.57 bits per heavy atom. The van der Waals surface area contributed by atoms with Gasteiger partial charge in [0.2, 0.25) is 5.91 Å². The van der Waals surface area contributed by atoms with Gasteiger partial charge in [0.25, 0.3) is 0 Å². The Labute approximate surface area is 140 Å². The van der Waals surface area contributed by atoms with Crippen LogP contribution in [0.1, 0.15) is 36.8 Å². The molecule has 1 amide bonds. The highest BCUT2D eigenvalue weighted by Crippen LogP contribution is 2.38. The minimum absolute atomic E-state index is 0.120. The van der Waals surface area contributed by atoms with Crippen molar-refractivity contribution in [1.82, 2.24) is 9.80 Å². The average Bonchev–Trinajstić information content (AvgIpc) is 3.40. The first kappa shape index (κ1) is 16.1. The van der Waals surface area contributed by atoms with Gasteiger partial charge in [-0.1, -0.05) is 36.4 Å². The van der Waals surface area contributed by atoms with Crippen LogP contribution in [0.3, 0.4) is 0 Å². The number of piperidine rings is 1. The second kappa shape index (κ2) is 6.77. The Morgan fingerprint density at radius 2 is 1.91 bits per heavy atom. The minimum Gasteiger partial charge on any atom is -0.374 e. The lowest BCUT2D eigenvalue weighted by atomic mass is 9.95. The third kappa shape index (κ3) is 3.95. The van der Waals surface area contributed by atoms with E-state index in [0.717, 1.165) is 25.9 Å². The lowest BCUT2D eigenvalue weighted by molar-refractivity contribution is -0.136. The molecule has 3 rings (SSSR count). The van der Waals surface area contributed by atoms with Gasteiger partial charge in [-0.15, -0.1) is 0 Å². The minimum atomic E-state index is 0.120. The van der Waals surface area contributed by atoms with Crippen molar-refractivity contribution in [3.05, 3.63) is 47.7 Å². The highest BCUT2D eigenvalue weighted by atomic mass is 16.2. The topological polar surface area (TPSA) is 23.6 Å². The van der Waals surface area contributed by atoms with Gasteiger partial charge in [0.15, 0.2) is 0 Å². The summed E-state index contributed by atoms with van der Waals surface area (Å²) in [6.45, 7) is 8.96. The van der Waals surface area contributed by atoms with E-state index >= 15 is 0 Å². The highest BCUT2D eigenvalue weighted by molar-refractivity contribution is 5.79. The Kier molecular flexibility index (Phi) is 4.74. The summed E-state index contributed by atoms with van der Waals surface area (Å²) in [5.41, 5.74) is 3.72. The summed E-state index contributed by atoms with van der Waals surface area (Å²) < 4.78 is 0. The van der Waals surface area contributed by atoms with Crippen LogP contribution in [0.4, 0.5) is 0 Å². The molecule has 1 atom stereocenters. The van der Waals surface area contributed by atoms with Crippen molar-refractivity contribution < 1.29 is 4.79 Å². The van der Waals surface area contributed by atoms with Crippen molar-refractivity contribution in [2.45, 2.75) is 39.2 Å². The Morgan fingerprint density at radius 1 is 1.22 bits per heavy atom. The number of carbonyl (C=O) groups is 1. The lowest BCUT2D eigenvalue weighted by Gasteiger charge is -2.36. The van der Waals surface area contributed by atoms with E-state index in [2.05, 4.69) is 42.7 Å².